The van der Waals surface area contributed by atoms with Gasteiger partial charge in [-0.15, -0.1) is 5.10 Å². The number of hydrogen-bond acceptors (Lipinski definition) is 6. The highest BCUT2D eigenvalue weighted by atomic mass is 16.4. The fourth-order valence-electron chi connectivity index (χ4n) is 1.76. The maximum absolute atomic E-state index is 11.8. The molecule has 102 valence electrons. The summed E-state index contributed by atoms with van der Waals surface area (Å²) in [6, 6.07) is 4.85. The first kappa shape index (κ1) is 12.0. The number of nitrogens with one attached hydrogen (secondary N) is 2. The SMILES string of the molecule is Nc1cn(CC(=O)Nc2ccc3[nH]c(=O)oc3c2)nn1. The summed E-state index contributed by atoms with van der Waals surface area (Å²) in [5.41, 5.74) is 6.85. The van der Waals surface area contributed by atoms with Gasteiger partial charge in [0.15, 0.2) is 11.4 Å². The van der Waals surface area contributed by atoms with Crippen molar-refractivity contribution in [3.8, 4) is 0 Å². The Morgan fingerprint density at radius 1 is 1.50 bits per heavy atom. The first-order chi connectivity index (χ1) is 9.60. The molecular weight excluding hydrogens is 264 g/mol. The number of carbonyl (C=O) groups excluding carboxylic acids is 1. The van der Waals surface area contributed by atoms with Crippen molar-refractivity contribution in [2.45, 2.75) is 6.54 Å². The molecule has 20 heavy (non-hydrogen) atoms. The van der Waals surface area contributed by atoms with Crippen LogP contribution in [0.4, 0.5) is 11.5 Å². The molecule has 9 nitrogen and oxygen atoms in total. The molecule has 0 aliphatic rings. The second-order valence-electron chi connectivity index (χ2n) is 4.11. The Labute approximate surface area is 111 Å². The molecule has 4 N–H and O–H groups in total. The monoisotopic (exact) mass is 274 g/mol. The fraction of sp³-hybridized carbons (Fsp3) is 0.0909. The van der Waals surface area contributed by atoms with Gasteiger partial charge in [-0.1, -0.05) is 5.21 Å². The number of H-pyrrole nitrogens is 1. The zero-order valence-electron chi connectivity index (χ0n) is 10.2. The number of oxazole rings is 1. The number of aromatic nitrogens is 4. The van der Waals surface area contributed by atoms with Crippen molar-refractivity contribution in [3.63, 3.8) is 0 Å². The van der Waals surface area contributed by atoms with E-state index in [0.717, 1.165) is 0 Å². The smallest absolute Gasteiger partial charge is 0.408 e. The quantitative estimate of drug-likeness (QED) is 0.612. The number of nitrogens with zero attached hydrogens (tertiary/aromatic N) is 3. The molecule has 0 saturated heterocycles. The molecule has 0 unspecified atom stereocenters. The molecule has 0 fully saturated rings. The lowest BCUT2D eigenvalue weighted by molar-refractivity contribution is -0.116. The van der Waals surface area contributed by atoms with Crippen LogP contribution >= 0.6 is 0 Å². The van der Waals surface area contributed by atoms with Gasteiger partial charge in [-0.25, -0.2) is 9.48 Å². The number of nitrogens with two attached hydrogens (primary N) is 1. The van der Waals surface area contributed by atoms with Gasteiger partial charge in [0.25, 0.3) is 0 Å². The molecule has 2 heterocycles. The summed E-state index contributed by atoms with van der Waals surface area (Å²) in [6.07, 6.45) is 1.45. The summed E-state index contributed by atoms with van der Waals surface area (Å²) in [5, 5.41) is 9.90. The fourth-order valence-corrected chi connectivity index (χ4v) is 1.76. The number of nitrogen functional groups attached to an aromatic ring is 1. The van der Waals surface area contributed by atoms with E-state index in [1.807, 2.05) is 0 Å². The molecule has 0 radical (unpaired) electrons. The molecule has 3 aromatic rings. The summed E-state index contributed by atoms with van der Waals surface area (Å²) in [5.74, 6) is -0.595. The third-order valence-electron chi connectivity index (χ3n) is 2.57. The Hall–Kier alpha value is -3.10. The topological polar surface area (TPSA) is 132 Å². The molecule has 1 amide bonds. The molecule has 0 aliphatic heterocycles. The van der Waals surface area contributed by atoms with Crippen molar-refractivity contribution in [1.29, 1.82) is 0 Å². The summed E-state index contributed by atoms with van der Waals surface area (Å²) >= 11 is 0. The zero-order valence-corrected chi connectivity index (χ0v) is 10.2. The maximum atomic E-state index is 11.8. The molecule has 9 heteroatoms. The normalized spacial score (nSPS) is 10.8. The van der Waals surface area contributed by atoms with Crippen LogP contribution < -0.4 is 16.8 Å². The third-order valence-corrected chi connectivity index (χ3v) is 2.57. The second kappa shape index (κ2) is 4.53. The van der Waals surface area contributed by atoms with E-state index >= 15 is 0 Å². The van der Waals surface area contributed by atoms with E-state index in [1.165, 1.54) is 10.9 Å². The minimum atomic E-state index is -0.540. The van der Waals surface area contributed by atoms with Gasteiger partial charge in [0.2, 0.25) is 5.91 Å². The highest BCUT2D eigenvalue weighted by Crippen LogP contribution is 2.16. The lowest BCUT2D eigenvalue weighted by Crippen LogP contribution is -2.19. The van der Waals surface area contributed by atoms with Crippen molar-refractivity contribution in [1.82, 2.24) is 20.0 Å². The maximum Gasteiger partial charge on any atom is 0.417 e. The number of fused-ring (bicyclic) bond motifs is 1. The van der Waals surface area contributed by atoms with E-state index in [9.17, 15) is 9.59 Å². The van der Waals surface area contributed by atoms with Crippen molar-refractivity contribution < 1.29 is 9.21 Å². The largest absolute Gasteiger partial charge is 0.417 e. The van der Waals surface area contributed by atoms with Gasteiger partial charge in [-0.05, 0) is 12.1 Å². The van der Waals surface area contributed by atoms with Gasteiger partial charge < -0.3 is 15.5 Å². The lowest BCUT2D eigenvalue weighted by Gasteiger charge is -2.04. The number of aromatic amines is 1. The Morgan fingerprint density at radius 3 is 3.10 bits per heavy atom. The van der Waals surface area contributed by atoms with Gasteiger partial charge in [0.1, 0.15) is 6.54 Å². The lowest BCUT2D eigenvalue weighted by atomic mass is 10.3. The van der Waals surface area contributed by atoms with Crippen LogP contribution in [0.25, 0.3) is 11.1 Å². The molecule has 0 aliphatic carbocycles. The number of anilines is 2. The van der Waals surface area contributed by atoms with Crippen molar-refractivity contribution in [2.75, 3.05) is 11.1 Å². The standard InChI is InChI=1S/C11H10N6O3/c12-9-4-17(16-15-9)5-10(18)13-6-1-2-7-8(3-6)20-11(19)14-7/h1-4H,5,12H2,(H,13,18)(H,14,19). The number of benzene rings is 1. The number of hydrogen-bond donors (Lipinski definition) is 3. The minimum absolute atomic E-state index is 0.0146. The number of amides is 1. The van der Waals surface area contributed by atoms with E-state index in [1.54, 1.807) is 18.2 Å². The van der Waals surface area contributed by atoms with Gasteiger partial charge >= 0.3 is 5.76 Å². The second-order valence-corrected chi connectivity index (χ2v) is 4.11. The summed E-state index contributed by atoms with van der Waals surface area (Å²) in [4.78, 5) is 25.3. The zero-order chi connectivity index (χ0) is 14.1. The minimum Gasteiger partial charge on any atom is -0.408 e. The predicted molar refractivity (Wildman–Crippen MR) is 69.9 cm³/mol. The molecule has 0 bridgehead atoms. The van der Waals surface area contributed by atoms with Crippen LogP contribution in [0.1, 0.15) is 0 Å². The summed E-state index contributed by atoms with van der Waals surface area (Å²) in [7, 11) is 0. The van der Waals surface area contributed by atoms with E-state index in [-0.39, 0.29) is 18.3 Å². The molecular formula is C11H10N6O3. The van der Waals surface area contributed by atoms with E-state index in [0.29, 0.717) is 16.8 Å². The third kappa shape index (κ3) is 2.36. The Morgan fingerprint density at radius 2 is 2.35 bits per heavy atom. The van der Waals surface area contributed by atoms with Gasteiger partial charge in [0.05, 0.1) is 11.7 Å². The van der Waals surface area contributed by atoms with Crippen LogP contribution in [0.15, 0.2) is 33.6 Å². The molecule has 2 aromatic heterocycles. The number of carbonyl (C=O) groups is 1. The number of rotatable bonds is 3. The van der Waals surface area contributed by atoms with Crippen LogP contribution in [0, 0.1) is 0 Å². The van der Waals surface area contributed by atoms with Crippen LogP contribution in [-0.4, -0.2) is 25.9 Å². The van der Waals surface area contributed by atoms with Gasteiger partial charge in [-0.3, -0.25) is 9.78 Å². The molecule has 0 saturated carbocycles. The van der Waals surface area contributed by atoms with Gasteiger partial charge in [-0.2, -0.15) is 0 Å². The van der Waals surface area contributed by atoms with Crippen molar-refractivity contribution in [3.05, 3.63) is 34.9 Å². The van der Waals surface area contributed by atoms with Crippen LogP contribution in [0.2, 0.25) is 0 Å². The van der Waals surface area contributed by atoms with Crippen molar-refractivity contribution in [2.24, 2.45) is 0 Å². The Bertz CT molecular complexity index is 830. The Kier molecular flexibility index (Phi) is 2.71. The average molecular weight is 274 g/mol. The highest BCUT2D eigenvalue weighted by Gasteiger charge is 2.07. The summed E-state index contributed by atoms with van der Waals surface area (Å²) < 4.78 is 6.22. The molecule has 3 rings (SSSR count). The van der Waals surface area contributed by atoms with E-state index < -0.39 is 5.76 Å². The average Bonchev–Trinajstić information content (AvgIpc) is 2.93. The van der Waals surface area contributed by atoms with Crippen LogP contribution in [0.5, 0.6) is 0 Å². The van der Waals surface area contributed by atoms with Crippen molar-refractivity contribution >= 4 is 28.5 Å². The molecule has 0 spiro atoms. The van der Waals surface area contributed by atoms with E-state index in [2.05, 4.69) is 20.6 Å². The van der Waals surface area contributed by atoms with E-state index in [4.69, 9.17) is 10.2 Å². The highest BCUT2D eigenvalue weighted by molar-refractivity contribution is 5.92. The van der Waals surface area contributed by atoms with Gasteiger partial charge in [0, 0.05) is 11.8 Å². The molecule has 1 aromatic carbocycles. The first-order valence-corrected chi connectivity index (χ1v) is 5.68. The summed E-state index contributed by atoms with van der Waals surface area (Å²) in [6.45, 7) is -0.0146. The van der Waals surface area contributed by atoms with Crippen LogP contribution in [-0.2, 0) is 11.3 Å². The van der Waals surface area contributed by atoms with Crippen LogP contribution in [0.3, 0.4) is 0 Å². The first-order valence-electron chi connectivity index (χ1n) is 5.68. The molecule has 0 atom stereocenters. The Balaban J connectivity index is 1.75. The predicted octanol–water partition coefficient (Wildman–Crippen LogP) is -0.0665.